The van der Waals surface area contributed by atoms with Gasteiger partial charge in [0.25, 0.3) is 0 Å². The summed E-state index contributed by atoms with van der Waals surface area (Å²) in [6.45, 7) is 3.56. The molecule has 0 aliphatic rings. The molecule has 1 aromatic rings. The maximum absolute atomic E-state index is 11.0. The molecule has 0 bridgehead atoms. The molecule has 7 heteroatoms. The lowest BCUT2D eigenvalue weighted by Gasteiger charge is -2.08. The fourth-order valence-electron chi connectivity index (χ4n) is 1.34. The summed E-state index contributed by atoms with van der Waals surface area (Å²) in [6, 6.07) is 3.80. The highest BCUT2D eigenvalue weighted by Crippen LogP contribution is 2.27. The molecule has 1 rings (SSSR count). The van der Waals surface area contributed by atoms with Gasteiger partial charge < -0.3 is 15.8 Å². The minimum Gasteiger partial charge on any atom is -0.485 e. The van der Waals surface area contributed by atoms with E-state index in [1.807, 2.05) is 6.92 Å². The Morgan fingerprint density at radius 2 is 2.28 bits per heavy atom. The molecule has 0 aromatic heterocycles. The number of nitrogens with zero attached hydrogens (tertiary/aromatic N) is 1. The van der Waals surface area contributed by atoms with Gasteiger partial charge in [0.1, 0.15) is 6.61 Å². The van der Waals surface area contributed by atoms with Gasteiger partial charge in [-0.05, 0) is 12.6 Å². The molecule has 0 heterocycles. The lowest BCUT2D eigenvalue weighted by Crippen LogP contribution is -2.20. The van der Waals surface area contributed by atoms with E-state index in [9.17, 15) is 14.9 Å². The van der Waals surface area contributed by atoms with Crippen LogP contribution in [0.1, 0.15) is 17.3 Å². The van der Waals surface area contributed by atoms with E-state index in [1.54, 1.807) is 0 Å². The number of nitrogens with two attached hydrogens (primary N) is 1. The molecule has 0 saturated heterocycles. The number of likely N-dealkylation sites (N-methyl/N-ethyl adjacent to an activating group) is 1. The van der Waals surface area contributed by atoms with Crippen LogP contribution in [-0.2, 0) is 0 Å². The third-order valence-corrected chi connectivity index (χ3v) is 2.23. The van der Waals surface area contributed by atoms with Crippen LogP contribution in [0.25, 0.3) is 0 Å². The maximum atomic E-state index is 11.0. The number of rotatable bonds is 7. The lowest BCUT2D eigenvalue weighted by molar-refractivity contribution is -0.385. The van der Waals surface area contributed by atoms with Crippen molar-refractivity contribution >= 4 is 11.6 Å². The Balaban J connectivity index is 2.86. The summed E-state index contributed by atoms with van der Waals surface area (Å²) in [5, 5.41) is 13.8. The van der Waals surface area contributed by atoms with Crippen LogP contribution in [0.2, 0.25) is 0 Å². The average molecular weight is 253 g/mol. The van der Waals surface area contributed by atoms with E-state index in [1.165, 1.54) is 18.2 Å². The SMILES string of the molecule is CCNCCOc1cc(C(N)=O)ccc1[N+](=O)[O-]. The summed E-state index contributed by atoms with van der Waals surface area (Å²) in [6.07, 6.45) is 0. The minimum atomic E-state index is -0.651. The molecule has 0 aliphatic heterocycles. The van der Waals surface area contributed by atoms with Crippen molar-refractivity contribution in [3.63, 3.8) is 0 Å². The quantitative estimate of drug-likeness (QED) is 0.422. The minimum absolute atomic E-state index is 0.0502. The number of nitrogens with one attached hydrogen (secondary N) is 1. The van der Waals surface area contributed by atoms with E-state index >= 15 is 0 Å². The van der Waals surface area contributed by atoms with Crippen LogP contribution in [0.5, 0.6) is 5.75 Å². The number of benzene rings is 1. The second-order valence-corrected chi connectivity index (χ2v) is 3.51. The van der Waals surface area contributed by atoms with Gasteiger partial charge >= 0.3 is 5.69 Å². The van der Waals surface area contributed by atoms with Crippen LogP contribution in [0, 0.1) is 10.1 Å². The van der Waals surface area contributed by atoms with Crippen LogP contribution in [0.3, 0.4) is 0 Å². The van der Waals surface area contributed by atoms with E-state index in [0.29, 0.717) is 6.54 Å². The standard InChI is InChI=1S/C11H15N3O4/c1-2-13-5-6-18-10-7-8(11(12)15)3-4-9(10)14(16)17/h3-4,7,13H,2,5-6H2,1H3,(H2,12,15). The predicted octanol–water partition coefficient (Wildman–Crippen LogP) is 0.682. The van der Waals surface area contributed by atoms with Gasteiger partial charge in [-0.1, -0.05) is 6.92 Å². The van der Waals surface area contributed by atoms with Gasteiger partial charge in [-0.15, -0.1) is 0 Å². The maximum Gasteiger partial charge on any atom is 0.310 e. The van der Waals surface area contributed by atoms with Crippen molar-refractivity contribution in [3.8, 4) is 5.75 Å². The smallest absolute Gasteiger partial charge is 0.310 e. The van der Waals surface area contributed by atoms with Gasteiger partial charge in [-0.2, -0.15) is 0 Å². The van der Waals surface area contributed by atoms with Gasteiger partial charge in [0.2, 0.25) is 5.91 Å². The number of carbonyl (C=O) groups is 1. The van der Waals surface area contributed by atoms with Crippen LogP contribution < -0.4 is 15.8 Å². The van der Waals surface area contributed by atoms with E-state index in [-0.39, 0.29) is 23.6 Å². The van der Waals surface area contributed by atoms with Gasteiger partial charge in [0.05, 0.1) is 4.92 Å². The summed E-state index contributed by atoms with van der Waals surface area (Å²) in [7, 11) is 0. The van der Waals surface area contributed by atoms with Crippen molar-refractivity contribution in [2.24, 2.45) is 5.73 Å². The molecule has 7 nitrogen and oxygen atoms in total. The van der Waals surface area contributed by atoms with Crippen molar-refractivity contribution in [3.05, 3.63) is 33.9 Å². The van der Waals surface area contributed by atoms with Crippen molar-refractivity contribution < 1.29 is 14.5 Å². The Bertz CT molecular complexity index is 448. The first-order valence-corrected chi connectivity index (χ1v) is 5.48. The Labute approximate surface area is 104 Å². The summed E-state index contributed by atoms with van der Waals surface area (Å²) < 4.78 is 5.28. The van der Waals surface area contributed by atoms with E-state index in [2.05, 4.69) is 5.32 Å². The molecule has 0 atom stereocenters. The summed E-state index contributed by atoms with van der Waals surface area (Å²) in [5.74, 6) is -0.601. The molecule has 3 N–H and O–H groups in total. The van der Waals surface area contributed by atoms with E-state index < -0.39 is 10.8 Å². The highest BCUT2D eigenvalue weighted by atomic mass is 16.6. The Morgan fingerprint density at radius 1 is 1.56 bits per heavy atom. The number of nitro groups is 1. The fourth-order valence-corrected chi connectivity index (χ4v) is 1.34. The number of amides is 1. The molecule has 1 aromatic carbocycles. The topological polar surface area (TPSA) is 107 Å². The molecular weight excluding hydrogens is 238 g/mol. The monoisotopic (exact) mass is 253 g/mol. The first kappa shape index (κ1) is 13.9. The second kappa shape index (κ2) is 6.55. The molecule has 0 radical (unpaired) electrons. The van der Waals surface area contributed by atoms with E-state index in [4.69, 9.17) is 10.5 Å². The Morgan fingerprint density at radius 3 is 2.83 bits per heavy atom. The zero-order valence-electron chi connectivity index (χ0n) is 10.0. The molecule has 0 unspecified atom stereocenters. The van der Waals surface area contributed by atoms with Crippen LogP contribution in [0.15, 0.2) is 18.2 Å². The predicted molar refractivity (Wildman–Crippen MR) is 65.7 cm³/mol. The number of ether oxygens (including phenoxy) is 1. The van der Waals surface area contributed by atoms with Gasteiger partial charge in [0, 0.05) is 24.2 Å². The van der Waals surface area contributed by atoms with E-state index in [0.717, 1.165) is 6.54 Å². The molecule has 1 amide bonds. The van der Waals surface area contributed by atoms with Crippen LogP contribution in [-0.4, -0.2) is 30.5 Å². The summed E-state index contributed by atoms with van der Waals surface area (Å²) in [5.41, 5.74) is 5.10. The molecule has 0 spiro atoms. The van der Waals surface area contributed by atoms with Crippen molar-refractivity contribution in [1.29, 1.82) is 0 Å². The van der Waals surface area contributed by atoms with Crippen molar-refractivity contribution in [2.75, 3.05) is 19.7 Å². The number of carbonyl (C=O) groups excluding carboxylic acids is 1. The Kier molecular flexibility index (Phi) is 5.06. The zero-order chi connectivity index (χ0) is 13.5. The second-order valence-electron chi connectivity index (χ2n) is 3.51. The van der Waals surface area contributed by atoms with Crippen LogP contribution >= 0.6 is 0 Å². The van der Waals surface area contributed by atoms with Crippen molar-refractivity contribution in [2.45, 2.75) is 6.92 Å². The molecule has 0 fully saturated rings. The largest absolute Gasteiger partial charge is 0.485 e. The van der Waals surface area contributed by atoms with Crippen LogP contribution in [0.4, 0.5) is 5.69 Å². The van der Waals surface area contributed by atoms with Crippen molar-refractivity contribution in [1.82, 2.24) is 5.32 Å². The number of nitro benzene ring substituents is 1. The first-order valence-electron chi connectivity index (χ1n) is 5.48. The molecule has 0 saturated carbocycles. The molecular formula is C11H15N3O4. The molecule has 18 heavy (non-hydrogen) atoms. The molecule has 98 valence electrons. The normalized spacial score (nSPS) is 10.1. The highest BCUT2D eigenvalue weighted by molar-refractivity contribution is 5.93. The van der Waals surface area contributed by atoms with Gasteiger partial charge in [0.15, 0.2) is 5.75 Å². The summed E-state index contributed by atoms with van der Waals surface area (Å²) in [4.78, 5) is 21.2. The third-order valence-electron chi connectivity index (χ3n) is 2.23. The van der Waals surface area contributed by atoms with Gasteiger partial charge in [-0.25, -0.2) is 0 Å². The number of hydrogen-bond donors (Lipinski definition) is 2. The highest BCUT2D eigenvalue weighted by Gasteiger charge is 2.17. The lowest BCUT2D eigenvalue weighted by atomic mass is 10.2. The first-order chi connectivity index (χ1) is 8.56. The average Bonchev–Trinajstić information content (AvgIpc) is 2.34. The third kappa shape index (κ3) is 3.70. The Hall–Kier alpha value is -2.15. The fraction of sp³-hybridized carbons (Fsp3) is 0.364. The number of primary amides is 1. The molecule has 0 aliphatic carbocycles. The summed E-state index contributed by atoms with van der Waals surface area (Å²) >= 11 is 0. The number of hydrogen-bond acceptors (Lipinski definition) is 5. The zero-order valence-corrected chi connectivity index (χ0v) is 10.0. The van der Waals surface area contributed by atoms with Gasteiger partial charge in [-0.3, -0.25) is 14.9 Å².